The number of hydrogen-bond donors (Lipinski definition) is 1. The molecule has 5 heteroatoms. The second-order valence-corrected chi connectivity index (χ2v) is 4.06. The number of carbonyl (C=O) groups excluding carboxylic acids is 1. The van der Waals surface area contributed by atoms with Crippen molar-refractivity contribution in [3.8, 4) is 0 Å². The smallest absolute Gasteiger partial charge is 0.236 e. The minimum Gasteiger partial charge on any atom is -0.378 e. The minimum atomic E-state index is 0.0884. The van der Waals surface area contributed by atoms with Gasteiger partial charge in [-0.15, -0.1) is 6.58 Å². The van der Waals surface area contributed by atoms with E-state index in [1.54, 1.807) is 6.08 Å². The molecule has 0 bridgehead atoms. The molecule has 1 unspecified atom stereocenters. The number of morpholine rings is 1. The first-order chi connectivity index (χ1) is 8.24. The van der Waals surface area contributed by atoms with Crippen LogP contribution in [0.25, 0.3) is 0 Å². The number of nitrogens with zero attached hydrogens (tertiary/aromatic N) is 1. The standard InChI is InChI=1S/C12H22N2O3/c1-3-6-17-11(2)9-13-10-12(15)14-4-7-16-8-5-14/h3,11,13H,1,4-10H2,2H3. The molecule has 17 heavy (non-hydrogen) atoms. The Bertz CT molecular complexity index is 240. The Morgan fingerprint density at radius 1 is 1.59 bits per heavy atom. The van der Waals surface area contributed by atoms with Gasteiger partial charge in [0, 0.05) is 19.6 Å². The molecule has 1 rings (SSSR count). The van der Waals surface area contributed by atoms with E-state index in [9.17, 15) is 4.79 Å². The Hall–Kier alpha value is -0.910. The molecule has 0 saturated carbocycles. The van der Waals surface area contributed by atoms with E-state index in [2.05, 4.69) is 11.9 Å². The number of amides is 1. The van der Waals surface area contributed by atoms with Crippen molar-refractivity contribution >= 4 is 5.91 Å². The van der Waals surface area contributed by atoms with Crippen molar-refractivity contribution in [1.29, 1.82) is 0 Å². The summed E-state index contributed by atoms with van der Waals surface area (Å²) in [7, 11) is 0. The number of carbonyl (C=O) groups is 1. The van der Waals surface area contributed by atoms with Crippen molar-refractivity contribution in [3.63, 3.8) is 0 Å². The zero-order chi connectivity index (χ0) is 12.5. The molecule has 98 valence electrons. The second kappa shape index (κ2) is 8.22. The lowest BCUT2D eigenvalue weighted by Crippen LogP contribution is -2.45. The number of ether oxygens (including phenoxy) is 2. The fourth-order valence-corrected chi connectivity index (χ4v) is 1.60. The molecule has 5 nitrogen and oxygen atoms in total. The zero-order valence-electron chi connectivity index (χ0n) is 10.5. The van der Waals surface area contributed by atoms with E-state index in [0.717, 1.165) is 0 Å². The summed E-state index contributed by atoms with van der Waals surface area (Å²) in [4.78, 5) is 13.6. The zero-order valence-corrected chi connectivity index (χ0v) is 10.5. The Morgan fingerprint density at radius 3 is 2.94 bits per heavy atom. The van der Waals surface area contributed by atoms with Crippen molar-refractivity contribution in [2.75, 3.05) is 46.0 Å². The Morgan fingerprint density at radius 2 is 2.29 bits per heavy atom. The van der Waals surface area contributed by atoms with Crippen molar-refractivity contribution in [2.24, 2.45) is 0 Å². The van der Waals surface area contributed by atoms with E-state index >= 15 is 0 Å². The molecule has 0 spiro atoms. The van der Waals surface area contributed by atoms with E-state index in [1.807, 2.05) is 11.8 Å². The van der Waals surface area contributed by atoms with Gasteiger partial charge in [0.15, 0.2) is 0 Å². The summed E-state index contributed by atoms with van der Waals surface area (Å²) in [6, 6.07) is 0. The van der Waals surface area contributed by atoms with Gasteiger partial charge in [0.2, 0.25) is 5.91 Å². The third-order valence-corrected chi connectivity index (χ3v) is 2.57. The fourth-order valence-electron chi connectivity index (χ4n) is 1.60. The summed E-state index contributed by atoms with van der Waals surface area (Å²) in [5.74, 6) is 0.129. The number of hydrogen-bond acceptors (Lipinski definition) is 4. The van der Waals surface area contributed by atoms with Gasteiger partial charge in [-0.05, 0) is 6.92 Å². The predicted molar refractivity (Wildman–Crippen MR) is 65.9 cm³/mol. The summed E-state index contributed by atoms with van der Waals surface area (Å²) >= 11 is 0. The number of nitrogens with one attached hydrogen (secondary N) is 1. The van der Waals surface area contributed by atoms with Crippen LogP contribution < -0.4 is 5.32 Å². The first-order valence-corrected chi connectivity index (χ1v) is 6.02. The third kappa shape index (κ3) is 5.81. The summed E-state index contributed by atoms with van der Waals surface area (Å²) < 4.78 is 10.6. The highest BCUT2D eigenvalue weighted by atomic mass is 16.5. The third-order valence-electron chi connectivity index (χ3n) is 2.57. The molecule has 1 N–H and O–H groups in total. The molecule has 1 aliphatic rings. The van der Waals surface area contributed by atoms with E-state index in [0.29, 0.717) is 46.0 Å². The molecule has 1 fully saturated rings. The van der Waals surface area contributed by atoms with Crippen LogP contribution in [0.15, 0.2) is 12.7 Å². The summed E-state index contributed by atoms with van der Waals surface area (Å²) in [6.45, 7) is 9.81. The van der Waals surface area contributed by atoms with Gasteiger partial charge in [-0.25, -0.2) is 0 Å². The Balaban J connectivity index is 2.08. The molecular formula is C12H22N2O3. The van der Waals surface area contributed by atoms with Crippen molar-refractivity contribution < 1.29 is 14.3 Å². The van der Waals surface area contributed by atoms with Gasteiger partial charge in [-0.1, -0.05) is 6.08 Å². The summed E-state index contributed by atoms with van der Waals surface area (Å²) in [5, 5.41) is 3.10. The van der Waals surface area contributed by atoms with Gasteiger partial charge in [0.05, 0.1) is 32.5 Å². The van der Waals surface area contributed by atoms with Crippen molar-refractivity contribution in [2.45, 2.75) is 13.0 Å². The first-order valence-electron chi connectivity index (χ1n) is 6.02. The average molecular weight is 242 g/mol. The van der Waals surface area contributed by atoms with Crippen LogP contribution in [-0.2, 0) is 14.3 Å². The van der Waals surface area contributed by atoms with Gasteiger partial charge in [0.25, 0.3) is 0 Å². The molecule has 1 amide bonds. The van der Waals surface area contributed by atoms with Crippen LogP contribution in [0.4, 0.5) is 0 Å². The highest BCUT2D eigenvalue weighted by Crippen LogP contribution is 1.96. The summed E-state index contributed by atoms with van der Waals surface area (Å²) in [5.41, 5.74) is 0. The fraction of sp³-hybridized carbons (Fsp3) is 0.750. The van der Waals surface area contributed by atoms with Crippen LogP contribution in [0.3, 0.4) is 0 Å². The lowest BCUT2D eigenvalue weighted by Gasteiger charge is -2.27. The van der Waals surface area contributed by atoms with Crippen LogP contribution in [0, 0.1) is 0 Å². The molecule has 1 heterocycles. The van der Waals surface area contributed by atoms with E-state index in [1.165, 1.54) is 0 Å². The lowest BCUT2D eigenvalue weighted by atomic mass is 10.3. The van der Waals surface area contributed by atoms with Crippen LogP contribution >= 0.6 is 0 Å². The second-order valence-electron chi connectivity index (χ2n) is 4.06. The quantitative estimate of drug-likeness (QED) is 0.640. The van der Waals surface area contributed by atoms with E-state index in [4.69, 9.17) is 9.47 Å². The molecule has 0 aromatic heterocycles. The molecule has 0 radical (unpaired) electrons. The monoisotopic (exact) mass is 242 g/mol. The largest absolute Gasteiger partial charge is 0.378 e. The summed E-state index contributed by atoms with van der Waals surface area (Å²) in [6.07, 6.45) is 1.81. The lowest BCUT2D eigenvalue weighted by molar-refractivity contribution is -0.134. The maximum Gasteiger partial charge on any atom is 0.236 e. The maximum absolute atomic E-state index is 11.7. The minimum absolute atomic E-state index is 0.0884. The highest BCUT2D eigenvalue weighted by Gasteiger charge is 2.16. The van der Waals surface area contributed by atoms with Gasteiger partial charge in [-0.3, -0.25) is 4.79 Å². The SMILES string of the molecule is C=CCOC(C)CNCC(=O)N1CCOCC1. The normalized spacial score (nSPS) is 17.8. The van der Waals surface area contributed by atoms with Gasteiger partial charge >= 0.3 is 0 Å². The number of rotatable bonds is 7. The molecule has 0 aromatic carbocycles. The predicted octanol–water partition coefficient (Wildman–Crippen LogP) is 0.0259. The molecule has 1 aliphatic heterocycles. The molecule has 1 atom stereocenters. The highest BCUT2D eigenvalue weighted by molar-refractivity contribution is 5.78. The van der Waals surface area contributed by atoms with Gasteiger partial charge in [-0.2, -0.15) is 0 Å². The van der Waals surface area contributed by atoms with Crippen LogP contribution in [-0.4, -0.2) is 62.9 Å². The average Bonchev–Trinajstić information content (AvgIpc) is 2.37. The van der Waals surface area contributed by atoms with Gasteiger partial charge in [0.1, 0.15) is 0 Å². The molecule has 0 aromatic rings. The Kier molecular flexibility index (Phi) is 6.84. The molecule has 1 saturated heterocycles. The molecule has 0 aliphatic carbocycles. The first kappa shape index (κ1) is 14.2. The van der Waals surface area contributed by atoms with E-state index < -0.39 is 0 Å². The Labute approximate surface area is 103 Å². The van der Waals surface area contributed by atoms with Gasteiger partial charge < -0.3 is 19.7 Å². The van der Waals surface area contributed by atoms with E-state index in [-0.39, 0.29) is 12.0 Å². The van der Waals surface area contributed by atoms with Crippen molar-refractivity contribution in [1.82, 2.24) is 10.2 Å². The van der Waals surface area contributed by atoms with Crippen LogP contribution in [0.2, 0.25) is 0 Å². The van der Waals surface area contributed by atoms with Crippen molar-refractivity contribution in [3.05, 3.63) is 12.7 Å². The van der Waals surface area contributed by atoms with Crippen LogP contribution in [0.1, 0.15) is 6.92 Å². The van der Waals surface area contributed by atoms with Crippen LogP contribution in [0.5, 0.6) is 0 Å². The maximum atomic E-state index is 11.7. The molecular weight excluding hydrogens is 220 g/mol. The topological polar surface area (TPSA) is 50.8 Å².